The van der Waals surface area contributed by atoms with Gasteiger partial charge < -0.3 is 5.11 Å². The molecule has 0 saturated carbocycles. The van der Waals surface area contributed by atoms with Crippen LogP contribution in [0.2, 0.25) is 0 Å². The molecule has 0 saturated heterocycles. The lowest BCUT2D eigenvalue weighted by molar-refractivity contribution is -0.137. The minimum atomic E-state index is -0.863. The quantitative estimate of drug-likeness (QED) is 0.901. The average molecular weight is 255 g/mol. The Labute approximate surface area is 104 Å². The van der Waals surface area contributed by atoms with Crippen LogP contribution in [0.5, 0.6) is 0 Å². The second-order valence-corrected chi connectivity index (χ2v) is 4.56. The van der Waals surface area contributed by atoms with E-state index in [0.29, 0.717) is 30.6 Å². The summed E-state index contributed by atoms with van der Waals surface area (Å²) in [5, 5.41) is 8.67. The summed E-state index contributed by atoms with van der Waals surface area (Å²) in [6.45, 7) is 2.84. The molecule has 0 fully saturated rings. The van der Waals surface area contributed by atoms with Gasteiger partial charge in [0.15, 0.2) is 0 Å². The normalized spacial score (nSPS) is 19.6. The second-order valence-electron chi connectivity index (χ2n) is 4.56. The van der Waals surface area contributed by atoms with E-state index >= 15 is 0 Å². The molecule has 5 heteroatoms. The van der Waals surface area contributed by atoms with E-state index in [1.165, 1.54) is 6.07 Å². The van der Waals surface area contributed by atoms with Crippen molar-refractivity contribution in [3.05, 3.63) is 34.9 Å². The Hall–Kier alpha value is -1.49. The third-order valence-corrected chi connectivity index (χ3v) is 3.45. The monoisotopic (exact) mass is 255 g/mol. The van der Waals surface area contributed by atoms with Gasteiger partial charge in [0.1, 0.15) is 11.6 Å². The Morgan fingerprint density at radius 3 is 2.89 bits per heavy atom. The number of carbonyl (C=O) groups is 1. The van der Waals surface area contributed by atoms with Gasteiger partial charge in [0.2, 0.25) is 0 Å². The number of rotatable bonds is 3. The Morgan fingerprint density at radius 1 is 1.50 bits per heavy atom. The Balaban J connectivity index is 2.22. The molecule has 0 bridgehead atoms. The van der Waals surface area contributed by atoms with Crippen LogP contribution in [-0.2, 0) is 11.2 Å². The molecule has 1 N–H and O–H groups in total. The minimum absolute atomic E-state index is 0.0392. The van der Waals surface area contributed by atoms with E-state index in [0.717, 1.165) is 6.07 Å². The fraction of sp³-hybridized carbons (Fsp3) is 0.462. The maximum absolute atomic E-state index is 13.6. The van der Waals surface area contributed by atoms with Crippen LogP contribution in [0.25, 0.3) is 0 Å². The number of fused-ring (bicyclic) bond motifs is 1. The summed E-state index contributed by atoms with van der Waals surface area (Å²) in [4.78, 5) is 12.5. The van der Waals surface area contributed by atoms with Gasteiger partial charge in [-0.15, -0.1) is 0 Å². The maximum atomic E-state index is 13.6. The first-order valence-electron chi connectivity index (χ1n) is 5.92. The first-order valence-corrected chi connectivity index (χ1v) is 5.92. The van der Waals surface area contributed by atoms with Gasteiger partial charge in [-0.2, -0.15) is 0 Å². The van der Waals surface area contributed by atoms with Crippen molar-refractivity contribution in [2.45, 2.75) is 25.8 Å². The van der Waals surface area contributed by atoms with Crippen LogP contribution < -0.4 is 0 Å². The standard InChI is InChI=1S/C13H15F2NO2/c1-8-11-6-9(14)7-12(15)10(11)2-4-16(8)5-3-13(17)18/h6-8H,2-5H2,1H3,(H,17,18). The number of hydrogen-bond acceptors (Lipinski definition) is 2. The molecule has 0 amide bonds. The van der Waals surface area contributed by atoms with Crippen LogP contribution in [0.15, 0.2) is 12.1 Å². The molecule has 1 aliphatic heterocycles. The van der Waals surface area contributed by atoms with Gasteiger partial charge in [0, 0.05) is 25.2 Å². The van der Waals surface area contributed by atoms with E-state index in [1.54, 1.807) is 0 Å². The van der Waals surface area contributed by atoms with Crippen molar-refractivity contribution in [1.82, 2.24) is 4.90 Å². The van der Waals surface area contributed by atoms with Crippen molar-refractivity contribution in [3.8, 4) is 0 Å². The Bertz CT molecular complexity index is 476. The predicted octanol–water partition coefficient (Wildman–Crippen LogP) is 2.36. The van der Waals surface area contributed by atoms with E-state index < -0.39 is 17.6 Å². The smallest absolute Gasteiger partial charge is 0.304 e. The highest BCUT2D eigenvalue weighted by Crippen LogP contribution is 2.31. The first kappa shape index (κ1) is 13.0. The van der Waals surface area contributed by atoms with Gasteiger partial charge in [-0.25, -0.2) is 8.78 Å². The molecule has 1 heterocycles. The topological polar surface area (TPSA) is 40.5 Å². The predicted molar refractivity (Wildman–Crippen MR) is 62.3 cm³/mol. The minimum Gasteiger partial charge on any atom is -0.481 e. The Kier molecular flexibility index (Phi) is 3.61. The number of benzene rings is 1. The molecule has 98 valence electrons. The van der Waals surface area contributed by atoms with Crippen molar-refractivity contribution in [3.63, 3.8) is 0 Å². The number of hydrogen-bond donors (Lipinski definition) is 1. The van der Waals surface area contributed by atoms with E-state index in [2.05, 4.69) is 0 Å². The highest BCUT2D eigenvalue weighted by molar-refractivity contribution is 5.66. The molecule has 2 rings (SSSR count). The fourth-order valence-electron chi connectivity index (χ4n) is 2.45. The third-order valence-electron chi connectivity index (χ3n) is 3.45. The second kappa shape index (κ2) is 5.02. The molecule has 0 aromatic heterocycles. The van der Waals surface area contributed by atoms with Crippen molar-refractivity contribution in [1.29, 1.82) is 0 Å². The summed E-state index contributed by atoms with van der Waals surface area (Å²) in [6.07, 6.45) is 0.531. The van der Waals surface area contributed by atoms with E-state index in [-0.39, 0.29) is 12.5 Å². The highest BCUT2D eigenvalue weighted by Gasteiger charge is 2.26. The van der Waals surface area contributed by atoms with Crippen LogP contribution in [0.1, 0.15) is 30.5 Å². The van der Waals surface area contributed by atoms with Gasteiger partial charge in [0.25, 0.3) is 0 Å². The summed E-state index contributed by atoms with van der Waals surface area (Å²) < 4.78 is 26.8. The van der Waals surface area contributed by atoms with Crippen LogP contribution in [0.4, 0.5) is 8.78 Å². The molecule has 3 nitrogen and oxygen atoms in total. The highest BCUT2D eigenvalue weighted by atomic mass is 19.1. The van der Waals surface area contributed by atoms with Gasteiger partial charge >= 0.3 is 5.97 Å². The molecular formula is C13H15F2NO2. The number of nitrogens with zero attached hydrogens (tertiary/aromatic N) is 1. The molecule has 1 aromatic rings. The van der Waals surface area contributed by atoms with Crippen molar-refractivity contribution < 1.29 is 18.7 Å². The van der Waals surface area contributed by atoms with Gasteiger partial charge in [0.05, 0.1) is 6.42 Å². The van der Waals surface area contributed by atoms with Crippen molar-refractivity contribution >= 4 is 5.97 Å². The van der Waals surface area contributed by atoms with Crippen LogP contribution in [0, 0.1) is 11.6 Å². The number of halogens is 2. The van der Waals surface area contributed by atoms with Crippen molar-refractivity contribution in [2.24, 2.45) is 0 Å². The zero-order chi connectivity index (χ0) is 13.3. The van der Waals surface area contributed by atoms with E-state index in [9.17, 15) is 13.6 Å². The van der Waals surface area contributed by atoms with Crippen LogP contribution in [-0.4, -0.2) is 29.1 Å². The number of aliphatic carboxylic acids is 1. The average Bonchev–Trinajstić information content (AvgIpc) is 2.29. The molecule has 1 atom stereocenters. The molecule has 0 aliphatic carbocycles. The Morgan fingerprint density at radius 2 is 2.22 bits per heavy atom. The zero-order valence-electron chi connectivity index (χ0n) is 10.1. The largest absolute Gasteiger partial charge is 0.481 e. The molecule has 0 radical (unpaired) electrons. The van der Waals surface area contributed by atoms with E-state index in [1.807, 2.05) is 11.8 Å². The number of carboxylic acids is 1. The maximum Gasteiger partial charge on any atom is 0.304 e. The van der Waals surface area contributed by atoms with E-state index in [4.69, 9.17) is 5.11 Å². The lowest BCUT2D eigenvalue weighted by Crippen LogP contribution is -2.36. The SMILES string of the molecule is CC1c2cc(F)cc(F)c2CCN1CCC(=O)O. The summed E-state index contributed by atoms with van der Waals surface area (Å²) in [6, 6.07) is 2.09. The summed E-state index contributed by atoms with van der Waals surface area (Å²) in [7, 11) is 0. The zero-order valence-corrected chi connectivity index (χ0v) is 10.1. The lowest BCUT2D eigenvalue weighted by Gasteiger charge is -2.35. The first-order chi connectivity index (χ1) is 8.49. The van der Waals surface area contributed by atoms with Gasteiger partial charge in [-0.3, -0.25) is 9.69 Å². The molecule has 1 aliphatic rings. The molecule has 1 aromatic carbocycles. The van der Waals surface area contributed by atoms with Gasteiger partial charge in [-0.05, 0) is 30.5 Å². The molecule has 0 spiro atoms. The van der Waals surface area contributed by atoms with Gasteiger partial charge in [-0.1, -0.05) is 0 Å². The third kappa shape index (κ3) is 2.51. The fourth-order valence-corrected chi connectivity index (χ4v) is 2.45. The molecule has 1 unspecified atom stereocenters. The summed E-state index contributed by atoms with van der Waals surface area (Å²) >= 11 is 0. The molecular weight excluding hydrogens is 240 g/mol. The van der Waals surface area contributed by atoms with Crippen molar-refractivity contribution in [2.75, 3.05) is 13.1 Å². The summed E-state index contributed by atoms with van der Waals surface area (Å²) in [5.74, 6) is -1.95. The van der Waals surface area contributed by atoms with Crippen LogP contribution >= 0.6 is 0 Å². The molecule has 18 heavy (non-hydrogen) atoms. The van der Waals surface area contributed by atoms with Crippen LogP contribution in [0.3, 0.4) is 0 Å². The lowest BCUT2D eigenvalue weighted by atomic mass is 9.93. The number of carboxylic acid groups (broad SMARTS) is 1. The summed E-state index contributed by atoms with van der Waals surface area (Å²) in [5.41, 5.74) is 1.18.